The molecule has 1 rings (SSSR count). The van der Waals surface area contributed by atoms with E-state index in [0.29, 0.717) is 18.8 Å². The van der Waals surface area contributed by atoms with Gasteiger partial charge >= 0.3 is 0 Å². The molecule has 4 nitrogen and oxygen atoms in total. The van der Waals surface area contributed by atoms with E-state index in [1.165, 1.54) is 10.6 Å². The highest BCUT2D eigenvalue weighted by molar-refractivity contribution is 7.88. The Balaban J connectivity index is 2.84. The van der Waals surface area contributed by atoms with E-state index >= 15 is 0 Å². The summed E-state index contributed by atoms with van der Waals surface area (Å²) in [5.74, 6) is 0. The Labute approximate surface area is 97.1 Å². The van der Waals surface area contributed by atoms with Crippen LogP contribution < -0.4 is 5.73 Å². The van der Waals surface area contributed by atoms with Crippen molar-refractivity contribution in [1.82, 2.24) is 4.31 Å². The van der Waals surface area contributed by atoms with Crippen LogP contribution in [0.15, 0.2) is 24.3 Å². The van der Waals surface area contributed by atoms with Crippen LogP contribution in [-0.2, 0) is 16.6 Å². The Morgan fingerprint density at radius 1 is 1.38 bits per heavy atom. The second-order valence-corrected chi connectivity index (χ2v) is 5.82. The van der Waals surface area contributed by atoms with Crippen molar-refractivity contribution in [3.05, 3.63) is 29.8 Å². The van der Waals surface area contributed by atoms with Gasteiger partial charge in [-0.25, -0.2) is 8.42 Å². The van der Waals surface area contributed by atoms with Crippen molar-refractivity contribution in [3.8, 4) is 0 Å². The first-order valence-electron chi connectivity index (χ1n) is 5.23. The number of nitrogens with two attached hydrogens (primary N) is 1. The smallest absolute Gasteiger partial charge is 0.211 e. The molecular formula is C11H18N2O2S. The lowest BCUT2D eigenvalue weighted by Gasteiger charge is -2.19. The Kier molecular flexibility index (Phi) is 4.32. The van der Waals surface area contributed by atoms with Gasteiger partial charge in [0.05, 0.1) is 6.26 Å². The van der Waals surface area contributed by atoms with Crippen LogP contribution in [0, 0.1) is 0 Å². The molecule has 0 unspecified atom stereocenters. The van der Waals surface area contributed by atoms with Crippen molar-refractivity contribution in [1.29, 1.82) is 0 Å². The molecule has 1 aromatic carbocycles. The number of hydrogen-bond donors (Lipinski definition) is 1. The topological polar surface area (TPSA) is 63.4 Å². The van der Waals surface area contributed by atoms with Crippen LogP contribution in [0.2, 0.25) is 0 Å². The zero-order valence-electron chi connectivity index (χ0n) is 9.68. The molecular weight excluding hydrogens is 224 g/mol. The highest BCUT2D eigenvalue weighted by Crippen LogP contribution is 2.12. The molecule has 0 amide bonds. The van der Waals surface area contributed by atoms with Crippen LogP contribution >= 0.6 is 0 Å². The molecule has 16 heavy (non-hydrogen) atoms. The fraction of sp³-hybridized carbons (Fsp3) is 0.455. The van der Waals surface area contributed by atoms with Gasteiger partial charge in [0.1, 0.15) is 0 Å². The van der Waals surface area contributed by atoms with E-state index in [2.05, 4.69) is 0 Å². The molecule has 0 aromatic heterocycles. The molecule has 0 radical (unpaired) electrons. The van der Waals surface area contributed by atoms with Gasteiger partial charge in [-0.3, -0.25) is 0 Å². The second-order valence-electron chi connectivity index (χ2n) is 3.84. The van der Waals surface area contributed by atoms with E-state index in [1.54, 1.807) is 12.1 Å². The van der Waals surface area contributed by atoms with E-state index in [4.69, 9.17) is 5.73 Å². The van der Waals surface area contributed by atoms with Crippen LogP contribution in [0.1, 0.15) is 18.9 Å². The number of sulfonamides is 1. The van der Waals surface area contributed by atoms with E-state index in [-0.39, 0.29) is 0 Å². The lowest BCUT2D eigenvalue weighted by Crippen LogP contribution is -2.30. The molecule has 0 saturated carbocycles. The minimum Gasteiger partial charge on any atom is -0.399 e. The second kappa shape index (κ2) is 5.32. The number of nitrogens with zero attached hydrogens (tertiary/aromatic N) is 1. The van der Waals surface area contributed by atoms with Gasteiger partial charge < -0.3 is 5.73 Å². The van der Waals surface area contributed by atoms with Crippen LogP contribution in [0.25, 0.3) is 0 Å². The van der Waals surface area contributed by atoms with Crippen molar-refractivity contribution in [2.75, 3.05) is 18.5 Å². The number of hydrogen-bond acceptors (Lipinski definition) is 3. The normalized spacial score (nSPS) is 11.9. The highest BCUT2D eigenvalue weighted by Gasteiger charge is 2.15. The highest BCUT2D eigenvalue weighted by atomic mass is 32.2. The molecule has 0 bridgehead atoms. The molecule has 90 valence electrons. The predicted molar refractivity (Wildman–Crippen MR) is 66.4 cm³/mol. The molecule has 0 aliphatic heterocycles. The van der Waals surface area contributed by atoms with Gasteiger partial charge in [-0.15, -0.1) is 0 Å². The standard InChI is InChI=1S/C11H18N2O2S/c1-3-7-13(16(2,14)15)9-10-5-4-6-11(12)8-10/h4-6,8H,3,7,9,12H2,1-2H3. The maximum Gasteiger partial charge on any atom is 0.211 e. The SMILES string of the molecule is CCCN(Cc1cccc(N)c1)S(C)(=O)=O. The number of nitrogen functional groups attached to an aromatic ring is 1. The molecule has 0 saturated heterocycles. The molecule has 0 fully saturated rings. The summed E-state index contributed by atoms with van der Waals surface area (Å²) in [6.45, 7) is 2.88. The van der Waals surface area contributed by atoms with Crippen molar-refractivity contribution < 1.29 is 8.42 Å². The van der Waals surface area contributed by atoms with Crippen LogP contribution in [0.3, 0.4) is 0 Å². The van der Waals surface area contributed by atoms with E-state index in [1.807, 2.05) is 19.1 Å². The van der Waals surface area contributed by atoms with Gasteiger partial charge in [0, 0.05) is 18.8 Å². The predicted octanol–water partition coefficient (Wildman–Crippen LogP) is 1.44. The third-order valence-corrected chi connectivity index (χ3v) is 3.50. The minimum atomic E-state index is -3.15. The third-order valence-electron chi connectivity index (χ3n) is 2.25. The summed E-state index contributed by atoms with van der Waals surface area (Å²) < 4.78 is 24.5. The van der Waals surface area contributed by atoms with Gasteiger partial charge in [-0.05, 0) is 24.1 Å². The fourth-order valence-electron chi connectivity index (χ4n) is 1.51. The summed E-state index contributed by atoms with van der Waals surface area (Å²) >= 11 is 0. The van der Waals surface area contributed by atoms with Gasteiger partial charge in [0.15, 0.2) is 0 Å². The first kappa shape index (κ1) is 13.0. The van der Waals surface area contributed by atoms with Crippen LogP contribution in [-0.4, -0.2) is 25.5 Å². The molecule has 5 heteroatoms. The van der Waals surface area contributed by atoms with Gasteiger partial charge in [0.25, 0.3) is 0 Å². The van der Waals surface area contributed by atoms with Crippen molar-refractivity contribution >= 4 is 15.7 Å². The summed E-state index contributed by atoms with van der Waals surface area (Å²) in [5, 5.41) is 0. The number of benzene rings is 1. The molecule has 0 aliphatic rings. The Hall–Kier alpha value is -1.07. The molecule has 0 spiro atoms. The van der Waals surface area contributed by atoms with Gasteiger partial charge in [0.2, 0.25) is 10.0 Å². The monoisotopic (exact) mass is 242 g/mol. The largest absolute Gasteiger partial charge is 0.399 e. The summed E-state index contributed by atoms with van der Waals surface area (Å²) in [5.41, 5.74) is 7.22. The van der Waals surface area contributed by atoms with E-state index in [9.17, 15) is 8.42 Å². The Morgan fingerprint density at radius 3 is 2.56 bits per heavy atom. The fourth-order valence-corrected chi connectivity index (χ4v) is 2.40. The molecule has 0 atom stereocenters. The van der Waals surface area contributed by atoms with Crippen molar-refractivity contribution in [2.24, 2.45) is 0 Å². The first-order valence-corrected chi connectivity index (χ1v) is 7.08. The molecule has 0 heterocycles. The third kappa shape index (κ3) is 3.83. The van der Waals surface area contributed by atoms with Gasteiger partial charge in [-0.1, -0.05) is 19.1 Å². The minimum absolute atomic E-state index is 0.387. The zero-order chi connectivity index (χ0) is 12.2. The maximum absolute atomic E-state index is 11.5. The van der Waals surface area contributed by atoms with Crippen molar-refractivity contribution in [3.63, 3.8) is 0 Å². The van der Waals surface area contributed by atoms with Crippen LogP contribution in [0.5, 0.6) is 0 Å². The summed E-state index contributed by atoms with van der Waals surface area (Å²) in [4.78, 5) is 0. The Morgan fingerprint density at radius 2 is 2.06 bits per heavy atom. The molecule has 1 aromatic rings. The summed E-state index contributed by atoms with van der Waals surface area (Å²) in [7, 11) is -3.15. The van der Waals surface area contributed by atoms with Crippen molar-refractivity contribution in [2.45, 2.75) is 19.9 Å². The van der Waals surface area contributed by atoms with Crippen LogP contribution in [0.4, 0.5) is 5.69 Å². The average molecular weight is 242 g/mol. The van der Waals surface area contributed by atoms with E-state index in [0.717, 1.165) is 12.0 Å². The Bertz CT molecular complexity index is 443. The molecule has 0 aliphatic carbocycles. The number of anilines is 1. The lowest BCUT2D eigenvalue weighted by molar-refractivity contribution is 0.409. The maximum atomic E-state index is 11.5. The lowest BCUT2D eigenvalue weighted by atomic mass is 10.2. The van der Waals surface area contributed by atoms with Gasteiger partial charge in [-0.2, -0.15) is 4.31 Å². The summed E-state index contributed by atoms with van der Waals surface area (Å²) in [6.07, 6.45) is 2.03. The first-order chi connectivity index (χ1) is 7.43. The van der Waals surface area contributed by atoms with E-state index < -0.39 is 10.0 Å². The zero-order valence-corrected chi connectivity index (χ0v) is 10.5. The number of rotatable bonds is 5. The average Bonchev–Trinajstić information content (AvgIpc) is 2.16. The quantitative estimate of drug-likeness (QED) is 0.795. The summed E-state index contributed by atoms with van der Waals surface area (Å²) in [6, 6.07) is 7.29. The molecule has 2 N–H and O–H groups in total.